The molecule has 1 amide bonds. The zero-order valence-electron chi connectivity index (χ0n) is 16.1. The Morgan fingerprint density at radius 1 is 1.15 bits per heavy atom. The molecule has 0 bridgehead atoms. The summed E-state index contributed by atoms with van der Waals surface area (Å²) in [6.07, 6.45) is 2.13. The SMILES string of the molecule is COc1cc(Cl)ccc1C(=O)N1CCC(C(C)N2CCN(C)CC2)CC1. The van der Waals surface area contributed by atoms with Gasteiger partial charge in [-0.05, 0) is 50.9 Å². The molecule has 0 aliphatic carbocycles. The van der Waals surface area contributed by atoms with E-state index in [2.05, 4.69) is 23.8 Å². The summed E-state index contributed by atoms with van der Waals surface area (Å²) in [6.45, 7) is 8.59. The number of amides is 1. The van der Waals surface area contributed by atoms with Gasteiger partial charge in [0.25, 0.3) is 5.91 Å². The number of hydrogen-bond acceptors (Lipinski definition) is 4. The van der Waals surface area contributed by atoms with Crippen LogP contribution in [0.5, 0.6) is 5.75 Å². The first kappa shape index (κ1) is 19.5. The molecule has 0 aromatic heterocycles. The summed E-state index contributed by atoms with van der Waals surface area (Å²) >= 11 is 6.01. The highest BCUT2D eigenvalue weighted by Crippen LogP contribution is 2.28. The largest absolute Gasteiger partial charge is 0.496 e. The van der Waals surface area contributed by atoms with Crippen molar-refractivity contribution in [3.05, 3.63) is 28.8 Å². The minimum absolute atomic E-state index is 0.0456. The van der Waals surface area contributed by atoms with Gasteiger partial charge in [0.15, 0.2) is 0 Å². The molecule has 2 saturated heterocycles. The van der Waals surface area contributed by atoms with Crippen molar-refractivity contribution in [2.24, 2.45) is 5.92 Å². The van der Waals surface area contributed by atoms with Crippen molar-refractivity contribution in [1.29, 1.82) is 0 Å². The molecule has 26 heavy (non-hydrogen) atoms. The molecule has 5 nitrogen and oxygen atoms in total. The Morgan fingerprint density at radius 2 is 1.81 bits per heavy atom. The number of carbonyl (C=O) groups excluding carboxylic acids is 1. The van der Waals surface area contributed by atoms with Crippen LogP contribution in [0, 0.1) is 5.92 Å². The molecule has 1 unspecified atom stereocenters. The van der Waals surface area contributed by atoms with Crippen LogP contribution in [0.1, 0.15) is 30.1 Å². The number of halogens is 1. The molecule has 3 rings (SSSR count). The second kappa shape index (κ2) is 8.59. The van der Waals surface area contributed by atoms with Crippen molar-refractivity contribution < 1.29 is 9.53 Å². The predicted octanol–water partition coefficient (Wildman–Crippen LogP) is 2.84. The number of rotatable bonds is 4. The number of hydrogen-bond donors (Lipinski definition) is 0. The summed E-state index contributed by atoms with van der Waals surface area (Å²) in [5.41, 5.74) is 0.600. The minimum Gasteiger partial charge on any atom is -0.496 e. The van der Waals surface area contributed by atoms with Gasteiger partial charge in [0, 0.05) is 50.3 Å². The molecule has 6 heteroatoms. The van der Waals surface area contributed by atoms with Gasteiger partial charge in [-0.3, -0.25) is 9.69 Å². The molecule has 2 fully saturated rings. The van der Waals surface area contributed by atoms with E-state index < -0.39 is 0 Å². The third-order valence-electron chi connectivity index (χ3n) is 6.02. The first-order valence-corrected chi connectivity index (χ1v) is 9.93. The summed E-state index contributed by atoms with van der Waals surface area (Å²) < 4.78 is 5.34. The Bertz CT molecular complexity index is 623. The Kier molecular flexibility index (Phi) is 6.43. The minimum atomic E-state index is 0.0456. The molecule has 144 valence electrons. The maximum atomic E-state index is 12.9. The summed E-state index contributed by atoms with van der Waals surface area (Å²) in [6, 6.07) is 5.81. The van der Waals surface area contributed by atoms with Gasteiger partial charge in [-0.15, -0.1) is 0 Å². The molecule has 2 heterocycles. The van der Waals surface area contributed by atoms with Gasteiger partial charge in [-0.2, -0.15) is 0 Å². The average Bonchev–Trinajstić information content (AvgIpc) is 2.67. The van der Waals surface area contributed by atoms with Crippen molar-refractivity contribution in [3.63, 3.8) is 0 Å². The van der Waals surface area contributed by atoms with E-state index in [0.717, 1.165) is 52.1 Å². The molecule has 2 aliphatic rings. The summed E-state index contributed by atoms with van der Waals surface area (Å²) in [7, 11) is 3.77. The zero-order chi connectivity index (χ0) is 18.7. The molecular formula is C20H30ClN3O2. The van der Waals surface area contributed by atoms with Gasteiger partial charge in [-0.25, -0.2) is 0 Å². The number of nitrogens with zero attached hydrogens (tertiary/aromatic N) is 3. The molecule has 0 saturated carbocycles. The van der Waals surface area contributed by atoms with E-state index >= 15 is 0 Å². The van der Waals surface area contributed by atoms with Crippen LogP contribution in [-0.4, -0.2) is 80.1 Å². The zero-order valence-corrected chi connectivity index (χ0v) is 16.8. The van der Waals surface area contributed by atoms with Crippen molar-refractivity contribution in [2.75, 3.05) is 53.4 Å². The lowest BCUT2D eigenvalue weighted by atomic mass is 9.88. The number of likely N-dealkylation sites (tertiary alicyclic amines) is 1. The fraction of sp³-hybridized carbons (Fsp3) is 0.650. The molecule has 1 atom stereocenters. The maximum Gasteiger partial charge on any atom is 0.257 e. The van der Waals surface area contributed by atoms with E-state index in [1.807, 2.05) is 4.90 Å². The number of methoxy groups -OCH3 is 1. The van der Waals surface area contributed by atoms with Crippen LogP contribution in [-0.2, 0) is 0 Å². The van der Waals surface area contributed by atoms with E-state index in [1.54, 1.807) is 25.3 Å². The molecule has 0 spiro atoms. The lowest BCUT2D eigenvalue weighted by Crippen LogP contribution is -2.52. The van der Waals surface area contributed by atoms with Crippen molar-refractivity contribution in [3.8, 4) is 5.75 Å². The number of likely N-dealkylation sites (N-methyl/N-ethyl adjacent to an activating group) is 1. The van der Waals surface area contributed by atoms with Crippen molar-refractivity contribution in [2.45, 2.75) is 25.8 Å². The van der Waals surface area contributed by atoms with E-state index in [0.29, 0.717) is 28.3 Å². The van der Waals surface area contributed by atoms with E-state index in [1.165, 1.54) is 0 Å². The standard InChI is InChI=1S/C20H30ClN3O2/c1-15(23-12-10-22(2)11-13-23)16-6-8-24(9-7-16)20(25)18-5-4-17(21)14-19(18)26-3/h4-5,14-16H,6-13H2,1-3H3. The molecule has 0 radical (unpaired) electrons. The van der Waals surface area contributed by atoms with Crippen molar-refractivity contribution in [1.82, 2.24) is 14.7 Å². The summed E-state index contributed by atoms with van der Waals surface area (Å²) in [5.74, 6) is 1.26. The number of benzene rings is 1. The number of ether oxygens (including phenoxy) is 1. The number of carbonyl (C=O) groups is 1. The fourth-order valence-corrected chi connectivity index (χ4v) is 4.29. The molecular weight excluding hydrogens is 350 g/mol. The van der Waals surface area contributed by atoms with Crippen LogP contribution in [0.15, 0.2) is 18.2 Å². The van der Waals surface area contributed by atoms with Gasteiger partial charge in [0.05, 0.1) is 12.7 Å². The van der Waals surface area contributed by atoms with Gasteiger partial charge in [0.2, 0.25) is 0 Å². The maximum absolute atomic E-state index is 12.9. The van der Waals surface area contributed by atoms with Crippen LogP contribution in [0.25, 0.3) is 0 Å². The lowest BCUT2D eigenvalue weighted by Gasteiger charge is -2.42. The Morgan fingerprint density at radius 3 is 2.42 bits per heavy atom. The third kappa shape index (κ3) is 4.33. The third-order valence-corrected chi connectivity index (χ3v) is 6.25. The highest BCUT2D eigenvalue weighted by molar-refractivity contribution is 6.30. The van der Waals surface area contributed by atoms with E-state index in [4.69, 9.17) is 16.3 Å². The molecule has 1 aromatic rings. The topological polar surface area (TPSA) is 36.0 Å². The first-order chi connectivity index (χ1) is 12.5. The Hall–Kier alpha value is -1.30. The highest BCUT2D eigenvalue weighted by Gasteiger charge is 2.31. The quantitative estimate of drug-likeness (QED) is 0.806. The van der Waals surface area contributed by atoms with Crippen LogP contribution >= 0.6 is 11.6 Å². The van der Waals surface area contributed by atoms with Gasteiger partial charge in [-0.1, -0.05) is 11.6 Å². The van der Waals surface area contributed by atoms with Gasteiger partial charge in [0.1, 0.15) is 5.75 Å². The predicted molar refractivity (Wildman–Crippen MR) is 105 cm³/mol. The van der Waals surface area contributed by atoms with Crippen LogP contribution in [0.3, 0.4) is 0 Å². The normalized spacial score (nSPS) is 21.6. The summed E-state index contributed by atoms with van der Waals surface area (Å²) in [4.78, 5) is 19.9. The second-order valence-corrected chi connectivity index (χ2v) is 7.99. The van der Waals surface area contributed by atoms with Crippen LogP contribution < -0.4 is 4.74 Å². The molecule has 2 aliphatic heterocycles. The van der Waals surface area contributed by atoms with E-state index in [-0.39, 0.29) is 5.91 Å². The first-order valence-electron chi connectivity index (χ1n) is 9.55. The summed E-state index contributed by atoms with van der Waals surface area (Å²) in [5, 5.41) is 0.582. The second-order valence-electron chi connectivity index (χ2n) is 7.55. The number of piperidine rings is 1. The molecule has 0 N–H and O–H groups in total. The average molecular weight is 380 g/mol. The highest BCUT2D eigenvalue weighted by atomic mass is 35.5. The van der Waals surface area contributed by atoms with Crippen LogP contribution in [0.4, 0.5) is 0 Å². The van der Waals surface area contributed by atoms with Crippen molar-refractivity contribution >= 4 is 17.5 Å². The number of piperazine rings is 1. The Balaban J connectivity index is 1.57. The molecule has 1 aromatic carbocycles. The van der Waals surface area contributed by atoms with Crippen LogP contribution in [0.2, 0.25) is 5.02 Å². The smallest absolute Gasteiger partial charge is 0.257 e. The van der Waals surface area contributed by atoms with Gasteiger partial charge >= 0.3 is 0 Å². The monoisotopic (exact) mass is 379 g/mol. The lowest BCUT2D eigenvalue weighted by molar-refractivity contribution is 0.0498. The van der Waals surface area contributed by atoms with E-state index in [9.17, 15) is 4.79 Å². The Labute approximate surface area is 161 Å². The van der Waals surface area contributed by atoms with Gasteiger partial charge < -0.3 is 14.5 Å². The fourth-order valence-electron chi connectivity index (χ4n) is 4.12.